The molecule has 2 aromatic carbocycles. The molecule has 1 aliphatic heterocycles. The Labute approximate surface area is 193 Å². The highest BCUT2D eigenvalue weighted by molar-refractivity contribution is 7.88. The van der Waals surface area contributed by atoms with Gasteiger partial charge in [-0.05, 0) is 55.2 Å². The van der Waals surface area contributed by atoms with Gasteiger partial charge in [-0.3, -0.25) is 4.79 Å². The predicted octanol–water partition coefficient (Wildman–Crippen LogP) is 4.42. The summed E-state index contributed by atoms with van der Waals surface area (Å²) in [5.41, 5.74) is 1.52. The summed E-state index contributed by atoms with van der Waals surface area (Å²) in [5.74, 6) is 0.0358. The molecule has 1 saturated heterocycles. The minimum Gasteiger partial charge on any atom is -0.497 e. The van der Waals surface area contributed by atoms with Crippen LogP contribution in [0.15, 0.2) is 42.5 Å². The van der Waals surface area contributed by atoms with Gasteiger partial charge in [0.2, 0.25) is 15.9 Å². The Balaban J connectivity index is 1.62. The molecule has 1 N–H and O–H groups in total. The van der Waals surface area contributed by atoms with Gasteiger partial charge in [0.15, 0.2) is 0 Å². The van der Waals surface area contributed by atoms with Gasteiger partial charge in [-0.25, -0.2) is 12.7 Å². The van der Waals surface area contributed by atoms with Gasteiger partial charge in [-0.1, -0.05) is 41.4 Å². The third-order valence-corrected chi connectivity index (χ3v) is 8.01. The van der Waals surface area contributed by atoms with Crippen LogP contribution in [0.1, 0.15) is 36.9 Å². The highest BCUT2D eigenvalue weighted by atomic mass is 35.5. The number of ether oxygens (including phenoxy) is 1. The van der Waals surface area contributed by atoms with E-state index in [0.29, 0.717) is 35.0 Å². The number of hydrogen-bond donors (Lipinski definition) is 1. The smallest absolute Gasteiger partial charge is 0.224 e. The minimum atomic E-state index is -3.58. The van der Waals surface area contributed by atoms with Crippen LogP contribution in [0.25, 0.3) is 0 Å². The Hall–Kier alpha value is -1.80. The van der Waals surface area contributed by atoms with Crippen molar-refractivity contribution in [3.05, 3.63) is 63.6 Å². The standard InChI is InChI=1S/C22H26Cl2N2O4S/c1-15(17-6-8-19(30-2)9-7-17)25-22(27)18-4-3-11-26(13-18)31(28,29)14-16-5-10-20(23)21(24)12-16/h5-10,12,15,18H,3-4,11,13-14H2,1-2H3,(H,25,27). The van der Waals surface area contributed by atoms with Gasteiger partial charge in [0, 0.05) is 13.1 Å². The zero-order valence-electron chi connectivity index (χ0n) is 17.5. The van der Waals surface area contributed by atoms with Crippen molar-refractivity contribution >= 4 is 39.1 Å². The van der Waals surface area contributed by atoms with Crippen LogP contribution in [-0.4, -0.2) is 38.8 Å². The lowest BCUT2D eigenvalue weighted by atomic mass is 9.98. The largest absolute Gasteiger partial charge is 0.497 e. The van der Waals surface area contributed by atoms with E-state index in [2.05, 4.69) is 5.32 Å². The molecule has 0 aliphatic carbocycles. The normalized spacial score (nSPS) is 18.4. The van der Waals surface area contributed by atoms with Gasteiger partial charge in [-0.15, -0.1) is 0 Å². The molecule has 31 heavy (non-hydrogen) atoms. The number of hydrogen-bond acceptors (Lipinski definition) is 4. The number of nitrogens with zero attached hydrogens (tertiary/aromatic N) is 1. The summed E-state index contributed by atoms with van der Waals surface area (Å²) in [7, 11) is -1.98. The lowest BCUT2D eigenvalue weighted by Gasteiger charge is -2.32. The molecular weight excluding hydrogens is 459 g/mol. The van der Waals surface area contributed by atoms with Gasteiger partial charge in [-0.2, -0.15) is 0 Å². The first-order chi connectivity index (χ1) is 14.7. The van der Waals surface area contributed by atoms with Crippen LogP contribution in [0.4, 0.5) is 0 Å². The number of carbonyl (C=O) groups is 1. The second kappa shape index (κ2) is 10.2. The first kappa shape index (κ1) is 23.9. The topological polar surface area (TPSA) is 75.7 Å². The van der Waals surface area contributed by atoms with E-state index in [4.69, 9.17) is 27.9 Å². The summed E-state index contributed by atoms with van der Waals surface area (Å²) >= 11 is 11.9. The Morgan fingerprint density at radius 1 is 1.19 bits per heavy atom. The number of benzene rings is 2. The fraction of sp³-hybridized carbons (Fsp3) is 0.409. The third-order valence-electron chi connectivity index (χ3n) is 5.46. The lowest BCUT2D eigenvalue weighted by Crippen LogP contribution is -2.46. The first-order valence-corrected chi connectivity index (χ1v) is 12.4. The van der Waals surface area contributed by atoms with E-state index in [9.17, 15) is 13.2 Å². The number of carbonyl (C=O) groups excluding carboxylic acids is 1. The van der Waals surface area contributed by atoms with Crippen LogP contribution in [-0.2, 0) is 20.6 Å². The molecule has 0 saturated carbocycles. The molecule has 1 heterocycles. The molecule has 3 rings (SSSR count). The summed E-state index contributed by atoms with van der Waals surface area (Å²) in [6, 6.07) is 12.1. The maximum absolute atomic E-state index is 12.9. The van der Waals surface area contributed by atoms with E-state index < -0.39 is 15.9 Å². The van der Waals surface area contributed by atoms with Crippen molar-refractivity contribution in [2.24, 2.45) is 5.92 Å². The molecule has 0 bridgehead atoms. The van der Waals surface area contributed by atoms with Gasteiger partial charge in [0.25, 0.3) is 0 Å². The number of amides is 1. The summed E-state index contributed by atoms with van der Waals surface area (Å²) in [6.07, 6.45) is 1.29. The van der Waals surface area contributed by atoms with E-state index in [-0.39, 0.29) is 24.2 Å². The number of rotatable bonds is 7. The van der Waals surface area contributed by atoms with Crippen LogP contribution in [0, 0.1) is 5.92 Å². The molecule has 1 amide bonds. The van der Waals surface area contributed by atoms with Gasteiger partial charge >= 0.3 is 0 Å². The summed E-state index contributed by atoms with van der Waals surface area (Å²) in [5, 5.41) is 3.70. The Kier molecular flexibility index (Phi) is 7.86. The van der Waals surface area contributed by atoms with Gasteiger partial charge in [0.05, 0.1) is 34.9 Å². The van der Waals surface area contributed by atoms with Crippen molar-refractivity contribution in [1.29, 1.82) is 0 Å². The molecule has 0 radical (unpaired) electrons. The molecule has 1 fully saturated rings. The number of methoxy groups -OCH3 is 1. The Morgan fingerprint density at radius 3 is 2.55 bits per heavy atom. The van der Waals surface area contributed by atoms with Crippen molar-refractivity contribution in [1.82, 2.24) is 9.62 Å². The van der Waals surface area contributed by atoms with Crippen molar-refractivity contribution in [3.63, 3.8) is 0 Å². The number of piperidine rings is 1. The van der Waals surface area contributed by atoms with E-state index in [1.54, 1.807) is 25.3 Å². The molecule has 2 unspecified atom stereocenters. The predicted molar refractivity (Wildman–Crippen MR) is 123 cm³/mol. The first-order valence-electron chi connectivity index (χ1n) is 10.1. The molecule has 2 aromatic rings. The number of sulfonamides is 1. The quantitative estimate of drug-likeness (QED) is 0.630. The second-order valence-corrected chi connectivity index (χ2v) is 10.5. The van der Waals surface area contributed by atoms with Crippen molar-refractivity contribution in [2.75, 3.05) is 20.2 Å². The molecule has 9 heteroatoms. The van der Waals surface area contributed by atoms with Crippen LogP contribution in [0.5, 0.6) is 5.75 Å². The monoisotopic (exact) mass is 484 g/mol. The fourth-order valence-corrected chi connectivity index (χ4v) is 5.57. The number of nitrogens with one attached hydrogen (secondary N) is 1. The SMILES string of the molecule is COc1ccc(C(C)NC(=O)C2CCCN(S(=O)(=O)Cc3ccc(Cl)c(Cl)c3)C2)cc1. The van der Waals surface area contributed by atoms with Crippen LogP contribution >= 0.6 is 23.2 Å². The van der Waals surface area contributed by atoms with Crippen molar-refractivity contribution in [3.8, 4) is 5.75 Å². The molecule has 168 valence electrons. The summed E-state index contributed by atoms with van der Waals surface area (Å²) in [4.78, 5) is 12.8. The highest BCUT2D eigenvalue weighted by Crippen LogP contribution is 2.26. The van der Waals surface area contributed by atoms with Crippen molar-refractivity contribution < 1.29 is 17.9 Å². The molecule has 6 nitrogen and oxygen atoms in total. The average Bonchev–Trinajstić information content (AvgIpc) is 2.76. The molecule has 1 aliphatic rings. The Morgan fingerprint density at radius 2 is 1.90 bits per heavy atom. The maximum Gasteiger partial charge on any atom is 0.224 e. The molecule has 0 spiro atoms. The summed E-state index contributed by atoms with van der Waals surface area (Å²) < 4.78 is 32.4. The van der Waals surface area contributed by atoms with Crippen molar-refractivity contribution in [2.45, 2.75) is 31.6 Å². The molecular formula is C22H26Cl2N2O4S. The van der Waals surface area contributed by atoms with E-state index in [0.717, 1.165) is 11.3 Å². The fourth-order valence-electron chi connectivity index (χ4n) is 3.65. The molecule has 2 atom stereocenters. The van der Waals surface area contributed by atoms with Gasteiger partial charge < -0.3 is 10.1 Å². The maximum atomic E-state index is 12.9. The van der Waals surface area contributed by atoms with E-state index in [1.807, 2.05) is 31.2 Å². The Bertz CT molecular complexity index is 1030. The molecule has 0 aromatic heterocycles. The zero-order chi connectivity index (χ0) is 22.6. The van der Waals surface area contributed by atoms with Gasteiger partial charge in [0.1, 0.15) is 5.75 Å². The minimum absolute atomic E-state index is 0.141. The van der Waals surface area contributed by atoms with E-state index >= 15 is 0 Å². The van der Waals surface area contributed by atoms with Crippen LogP contribution < -0.4 is 10.1 Å². The average molecular weight is 485 g/mol. The van der Waals surface area contributed by atoms with E-state index in [1.165, 1.54) is 4.31 Å². The zero-order valence-corrected chi connectivity index (χ0v) is 19.8. The number of halogens is 2. The summed E-state index contributed by atoms with van der Waals surface area (Å²) in [6.45, 7) is 2.48. The highest BCUT2D eigenvalue weighted by Gasteiger charge is 2.33. The van der Waals surface area contributed by atoms with Crippen LogP contribution in [0.3, 0.4) is 0 Å². The second-order valence-electron chi connectivity index (χ2n) is 7.71. The van der Waals surface area contributed by atoms with Crippen LogP contribution in [0.2, 0.25) is 10.0 Å². The lowest BCUT2D eigenvalue weighted by molar-refractivity contribution is -0.126. The third kappa shape index (κ3) is 6.13.